The third kappa shape index (κ3) is 5.68. The quantitative estimate of drug-likeness (QED) is 0.102. The number of morpholine rings is 1. The third-order valence-corrected chi connectivity index (χ3v) is 10.7. The molecule has 0 aliphatic carbocycles. The molecule has 0 aromatic heterocycles. The van der Waals surface area contributed by atoms with E-state index in [0.717, 1.165) is 16.7 Å². The SMILES string of the molecule is C=CCNC(=O)[C@@H]1[C@H]2C(=O)O[C@H](c3ccccc3)[C@H](c3ccccc3)N2[C@H](c2ccc(O)cc2)[C@@]12C(=O)Nc1ccc(C#Cc3ccc(OC)cc3)cc12. The lowest BCUT2D eigenvalue weighted by atomic mass is 9.65. The van der Waals surface area contributed by atoms with Crippen LogP contribution in [0.5, 0.6) is 11.5 Å². The molecule has 0 bridgehead atoms. The molecule has 3 aliphatic rings. The normalized spacial score (nSPS) is 24.0. The molecule has 268 valence electrons. The van der Waals surface area contributed by atoms with Crippen LogP contribution in [0.15, 0.2) is 140 Å². The lowest BCUT2D eigenvalue weighted by molar-refractivity contribution is -0.178. The Kier molecular flexibility index (Phi) is 8.98. The number of ether oxygens (including phenoxy) is 2. The smallest absolute Gasteiger partial charge is 0.324 e. The summed E-state index contributed by atoms with van der Waals surface area (Å²) in [5, 5.41) is 16.5. The number of amides is 2. The first-order valence-corrected chi connectivity index (χ1v) is 17.7. The third-order valence-electron chi connectivity index (χ3n) is 10.7. The van der Waals surface area contributed by atoms with Crippen LogP contribution in [-0.4, -0.2) is 47.5 Å². The fourth-order valence-electron chi connectivity index (χ4n) is 8.43. The molecule has 54 heavy (non-hydrogen) atoms. The summed E-state index contributed by atoms with van der Waals surface area (Å²) >= 11 is 0. The molecule has 2 saturated heterocycles. The van der Waals surface area contributed by atoms with Gasteiger partial charge in [-0.2, -0.15) is 0 Å². The Morgan fingerprint density at radius 3 is 2.19 bits per heavy atom. The fraction of sp³-hybridized carbons (Fsp3) is 0.178. The van der Waals surface area contributed by atoms with Crippen molar-refractivity contribution in [3.05, 3.63) is 173 Å². The average Bonchev–Trinajstić information content (AvgIpc) is 3.68. The molecule has 3 N–H and O–H groups in total. The Morgan fingerprint density at radius 2 is 1.52 bits per heavy atom. The van der Waals surface area contributed by atoms with Gasteiger partial charge in [-0.1, -0.05) is 90.7 Å². The van der Waals surface area contributed by atoms with Gasteiger partial charge in [0.2, 0.25) is 11.8 Å². The monoisotopic (exact) mass is 715 g/mol. The van der Waals surface area contributed by atoms with Gasteiger partial charge < -0.3 is 25.2 Å². The highest BCUT2D eigenvalue weighted by Crippen LogP contribution is 2.64. The maximum Gasteiger partial charge on any atom is 0.324 e. The first kappa shape index (κ1) is 34.5. The van der Waals surface area contributed by atoms with Crippen molar-refractivity contribution in [2.24, 2.45) is 5.92 Å². The number of benzene rings is 5. The van der Waals surface area contributed by atoms with E-state index < -0.39 is 53.3 Å². The zero-order valence-electron chi connectivity index (χ0n) is 29.4. The number of carbonyl (C=O) groups is 3. The van der Waals surface area contributed by atoms with E-state index in [-0.39, 0.29) is 12.3 Å². The Morgan fingerprint density at radius 1 is 0.870 bits per heavy atom. The van der Waals surface area contributed by atoms with Crippen molar-refractivity contribution in [2.75, 3.05) is 19.0 Å². The van der Waals surface area contributed by atoms with Crippen molar-refractivity contribution in [1.82, 2.24) is 10.2 Å². The molecule has 8 rings (SSSR count). The summed E-state index contributed by atoms with van der Waals surface area (Å²) < 4.78 is 11.7. The van der Waals surface area contributed by atoms with E-state index >= 15 is 4.79 Å². The van der Waals surface area contributed by atoms with Gasteiger partial charge in [-0.05, 0) is 76.9 Å². The predicted molar refractivity (Wildman–Crippen MR) is 203 cm³/mol. The van der Waals surface area contributed by atoms with Crippen LogP contribution in [0.25, 0.3) is 0 Å². The van der Waals surface area contributed by atoms with Gasteiger partial charge in [0.25, 0.3) is 0 Å². The number of anilines is 1. The number of aromatic hydroxyl groups is 1. The molecule has 9 nitrogen and oxygen atoms in total. The van der Waals surface area contributed by atoms with Crippen LogP contribution in [0, 0.1) is 17.8 Å². The Hall–Kier alpha value is -6.63. The van der Waals surface area contributed by atoms with Gasteiger partial charge in [0.15, 0.2) is 0 Å². The highest BCUT2D eigenvalue weighted by Gasteiger charge is 2.74. The lowest BCUT2D eigenvalue weighted by Crippen LogP contribution is -2.54. The van der Waals surface area contributed by atoms with E-state index in [1.54, 1.807) is 43.5 Å². The standard InChI is InChI=1S/C45H37N3O6/c1-3-26-46-42(50)37-39-43(51)54-40(31-12-8-5-9-13-31)38(30-10-6-4-7-11-30)48(39)41(32-19-21-33(49)22-20-32)45(37)35-27-29(18-25-36(35)47-44(45)52)15-14-28-16-23-34(53-2)24-17-28/h3-13,16-25,27,37-41,49H,1,26H2,2H3,(H,46,50)(H,47,52)/t37-,38-,39-,40+,41+,45-/m0/s1. The molecule has 2 amide bonds. The Bertz CT molecular complexity index is 2300. The fourth-order valence-corrected chi connectivity index (χ4v) is 8.43. The van der Waals surface area contributed by atoms with Gasteiger partial charge in [0.05, 0.1) is 25.1 Å². The number of rotatable bonds is 7. The van der Waals surface area contributed by atoms with Crippen LogP contribution in [0.3, 0.4) is 0 Å². The minimum Gasteiger partial charge on any atom is -0.508 e. The highest BCUT2D eigenvalue weighted by atomic mass is 16.6. The molecule has 0 unspecified atom stereocenters. The number of fused-ring (bicyclic) bond motifs is 3. The number of carbonyl (C=O) groups excluding carboxylic acids is 3. The number of phenols is 1. The van der Waals surface area contributed by atoms with Crippen molar-refractivity contribution in [3.8, 4) is 23.3 Å². The van der Waals surface area contributed by atoms with Gasteiger partial charge in [-0.3, -0.25) is 19.3 Å². The topological polar surface area (TPSA) is 117 Å². The van der Waals surface area contributed by atoms with Crippen LogP contribution < -0.4 is 15.4 Å². The van der Waals surface area contributed by atoms with Crippen LogP contribution in [0.2, 0.25) is 0 Å². The van der Waals surface area contributed by atoms with E-state index in [0.29, 0.717) is 28.1 Å². The number of nitrogens with zero attached hydrogens (tertiary/aromatic N) is 1. The molecule has 0 radical (unpaired) electrons. The lowest BCUT2D eigenvalue weighted by Gasteiger charge is -2.46. The van der Waals surface area contributed by atoms with E-state index in [2.05, 4.69) is 29.1 Å². The first-order chi connectivity index (χ1) is 26.3. The van der Waals surface area contributed by atoms with E-state index in [1.165, 1.54) is 0 Å². The van der Waals surface area contributed by atoms with Crippen LogP contribution in [-0.2, 0) is 24.5 Å². The van der Waals surface area contributed by atoms with Crippen molar-refractivity contribution in [1.29, 1.82) is 0 Å². The van der Waals surface area contributed by atoms with Crippen LogP contribution in [0.4, 0.5) is 5.69 Å². The molecule has 3 aliphatic heterocycles. The molecule has 2 fully saturated rings. The summed E-state index contributed by atoms with van der Waals surface area (Å²) in [6.07, 6.45) is 0.774. The van der Waals surface area contributed by atoms with Crippen LogP contribution in [0.1, 0.15) is 51.6 Å². The molecular formula is C45H37N3O6. The van der Waals surface area contributed by atoms with E-state index in [1.807, 2.05) is 102 Å². The van der Waals surface area contributed by atoms with Gasteiger partial charge >= 0.3 is 5.97 Å². The highest BCUT2D eigenvalue weighted by molar-refractivity contribution is 6.12. The number of cyclic esters (lactones) is 1. The second-order valence-corrected chi connectivity index (χ2v) is 13.6. The molecule has 1 spiro atoms. The second-order valence-electron chi connectivity index (χ2n) is 13.6. The Labute approximate surface area is 313 Å². The maximum atomic E-state index is 15.1. The van der Waals surface area contributed by atoms with Crippen molar-refractivity contribution in [3.63, 3.8) is 0 Å². The number of nitrogens with one attached hydrogen (secondary N) is 2. The van der Waals surface area contributed by atoms with Crippen molar-refractivity contribution >= 4 is 23.5 Å². The van der Waals surface area contributed by atoms with E-state index in [9.17, 15) is 14.7 Å². The van der Waals surface area contributed by atoms with Gasteiger partial charge in [-0.25, -0.2) is 0 Å². The summed E-state index contributed by atoms with van der Waals surface area (Å²) in [5.74, 6) is 4.40. The average molecular weight is 716 g/mol. The molecular weight excluding hydrogens is 679 g/mol. The summed E-state index contributed by atoms with van der Waals surface area (Å²) in [6, 6.07) is 36.0. The largest absolute Gasteiger partial charge is 0.508 e. The van der Waals surface area contributed by atoms with E-state index in [4.69, 9.17) is 9.47 Å². The minimum atomic E-state index is -1.66. The number of methoxy groups -OCH3 is 1. The maximum absolute atomic E-state index is 15.1. The number of hydrogen-bond donors (Lipinski definition) is 3. The van der Waals surface area contributed by atoms with Crippen LogP contribution >= 0.6 is 0 Å². The number of phenolic OH excluding ortho intramolecular Hbond substituents is 1. The predicted octanol–water partition coefficient (Wildman–Crippen LogP) is 6.37. The number of hydrogen-bond acceptors (Lipinski definition) is 7. The molecule has 6 atom stereocenters. The summed E-state index contributed by atoms with van der Waals surface area (Å²) in [4.78, 5) is 46.6. The summed E-state index contributed by atoms with van der Waals surface area (Å²) in [7, 11) is 1.60. The molecule has 5 aromatic rings. The first-order valence-electron chi connectivity index (χ1n) is 17.7. The molecule has 3 heterocycles. The zero-order chi connectivity index (χ0) is 37.4. The Balaban J connectivity index is 1.39. The van der Waals surface area contributed by atoms with Gasteiger partial charge in [-0.15, -0.1) is 6.58 Å². The summed E-state index contributed by atoms with van der Waals surface area (Å²) in [5.41, 5.74) is 3.03. The second kappa shape index (κ2) is 14.1. The molecule has 9 heteroatoms. The summed E-state index contributed by atoms with van der Waals surface area (Å²) in [6.45, 7) is 3.91. The van der Waals surface area contributed by atoms with Crippen molar-refractivity contribution < 1.29 is 29.0 Å². The number of esters is 1. The minimum absolute atomic E-state index is 0.0369. The molecule has 0 saturated carbocycles. The van der Waals surface area contributed by atoms with Gasteiger partial charge in [0.1, 0.15) is 29.1 Å². The zero-order valence-corrected chi connectivity index (χ0v) is 29.4. The van der Waals surface area contributed by atoms with Gasteiger partial charge in [0, 0.05) is 23.4 Å². The van der Waals surface area contributed by atoms with Crippen molar-refractivity contribution in [2.45, 2.75) is 29.6 Å². The molecule has 5 aromatic carbocycles.